The van der Waals surface area contributed by atoms with Gasteiger partial charge in [-0.05, 0) is 37.1 Å². The van der Waals surface area contributed by atoms with Crippen LogP contribution < -0.4 is 5.73 Å². The molecule has 1 fully saturated rings. The van der Waals surface area contributed by atoms with Gasteiger partial charge in [0.05, 0.1) is 0 Å². The summed E-state index contributed by atoms with van der Waals surface area (Å²) in [7, 11) is 0. The molecule has 1 saturated heterocycles. The number of benzene rings is 1. The third kappa shape index (κ3) is 3.88. The highest BCUT2D eigenvalue weighted by atomic mass is 79.9. The predicted molar refractivity (Wildman–Crippen MR) is 76.9 cm³/mol. The Balaban J connectivity index is 2.02. The number of amides is 1. The van der Waals surface area contributed by atoms with E-state index in [4.69, 9.17) is 5.73 Å². The maximum atomic E-state index is 13.5. The van der Waals surface area contributed by atoms with Crippen molar-refractivity contribution in [3.05, 3.63) is 40.1 Å². The summed E-state index contributed by atoms with van der Waals surface area (Å²) >= 11 is 3.28. The zero-order chi connectivity index (χ0) is 13.8. The molecule has 0 spiro atoms. The van der Waals surface area contributed by atoms with Crippen LogP contribution in [-0.4, -0.2) is 29.9 Å². The lowest BCUT2D eigenvalue weighted by atomic mass is 10.1. The third-order valence-electron chi connectivity index (χ3n) is 3.21. The quantitative estimate of drug-likeness (QED) is 0.849. The van der Waals surface area contributed by atoms with Crippen LogP contribution in [0.15, 0.2) is 28.7 Å². The Labute approximate surface area is 120 Å². The van der Waals surface area contributed by atoms with Gasteiger partial charge in [0, 0.05) is 35.2 Å². The standard InChI is InChI=1S/C14H16BrFN2O/c15-11-2-3-13(16)10(9-11)1-4-14(19)18-7-5-12(17)6-8-18/h1-4,9,12H,5-8,17H2. The molecular weight excluding hydrogens is 311 g/mol. The molecule has 1 aromatic rings. The molecule has 2 N–H and O–H groups in total. The first-order valence-electron chi connectivity index (χ1n) is 6.24. The number of piperidine rings is 1. The Hall–Kier alpha value is -1.20. The molecule has 0 saturated carbocycles. The van der Waals surface area contributed by atoms with E-state index in [1.165, 1.54) is 18.2 Å². The van der Waals surface area contributed by atoms with E-state index in [2.05, 4.69) is 15.9 Å². The molecule has 1 aromatic carbocycles. The minimum atomic E-state index is -0.340. The fraction of sp³-hybridized carbons (Fsp3) is 0.357. The van der Waals surface area contributed by atoms with Crippen LogP contribution in [0.4, 0.5) is 4.39 Å². The van der Waals surface area contributed by atoms with Crippen molar-refractivity contribution in [3.63, 3.8) is 0 Å². The molecule has 102 valence electrons. The van der Waals surface area contributed by atoms with Crippen molar-refractivity contribution in [3.8, 4) is 0 Å². The van der Waals surface area contributed by atoms with Gasteiger partial charge in [-0.2, -0.15) is 0 Å². The van der Waals surface area contributed by atoms with Crippen LogP contribution in [0, 0.1) is 5.82 Å². The van der Waals surface area contributed by atoms with E-state index in [0.29, 0.717) is 18.7 Å². The Morgan fingerprint density at radius 3 is 2.79 bits per heavy atom. The Bertz CT molecular complexity index is 496. The van der Waals surface area contributed by atoms with Crippen LogP contribution in [0.2, 0.25) is 0 Å². The summed E-state index contributed by atoms with van der Waals surface area (Å²) in [5.41, 5.74) is 6.19. The molecule has 0 aromatic heterocycles. The lowest BCUT2D eigenvalue weighted by molar-refractivity contribution is -0.126. The van der Waals surface area contributed by atoms with Crippen LogP contribution in [-0.2, 0) is 4.79 Å². The lowest BCUT2D eigenvalue weighted by Gasteiger charge is -2.29. The second kappa shape index (κ2) is 6.30. The molecular formula is C14H16BrFN2O. The highest BCUT2D eigenvalue weighted by molar-refractivity contribution is 9.10. The van der Waals surface area contributed by atoms with E-state index in [-0.39, 0.29) is 17.8 Å². The van der Waals surface area contributed by atoms with Crippen molar-refractivity contribution >= 4 is 27.9 Å². The molecule has 0 aliphatic carbocycles. The molecule has 2 rings (SSSR count). The molecule has 1 aliphatic heterocycles. The van der Waals surface area contributed by atoms with Crippen molar-refractivity contribution in [1.82, 2.24) is 4.90 Å². The van der Waals surface area contributed by atoms with Crippen molar-refractivity contribution in [2.45, 2.75) is 18.9 Å². The number of hydrogen-bond donors (Lipinski definition) is 1. The molecule has 0 bridgehead atoms. The van der Waals surface area contributed by atoms with Crippen LogP contribution in [0.3, 0.4) is 0 Å². The summed E-state index contributed by atoms with van der Waals surface area (Å²) < 4.78 is 14.3. The highest BCUT2D eigenvalue weighted by Crippen LogP contribution is 2.17. The van der Waals surface area contributed by atoms with Gasteiger partial charge in [0.2, 0.25) is 5.91 Å². The average molecular weight is 327 g/mol. The molecule has 19 heavy (non-hydrogen) atoms. The van der Waals surface area contributed by atoms with E-state index >= 15 is 0 Å². The van der Waals surface area contributed by atoms with Crippen LogP contribution >= 0.6 is 15.9 Å². The number of halogens is 2. The minimum absolute atomic E-state index is 0.0914. The summed E-state index contributed by atoms with van der Waals surface area (Å²) in [6.45, 7) is 1.34. The van der Waals surface area contributed by atoms with Crippen LogP contribution in [0.25, 0.3) is 6.08 Å². The second-order valence-electron chi connectivity index (χ2n) is 4.66. The lowest BCUT2D eigenvalue weighted by Crippen LogP contribution is -2.42. The molecule has 5 heteroatoms. The van der Waals surface area contributed by atoms with E-state index in [1.54, 1.807) is 17.0 Å². The van der Waals surface area contributed by atoms with Gasteiger partial charge in [0.15, 0.2) is 0 Å². The normalized spacial score (nSPS) is 17.1. The van der Waals surface area contributed by atoms with Gasteiger partial charge in [0.25, 0.3) is 0 Å². The fourth-order valence-electron chi connectivity index (χ4n) is 2.03. The third-order valence-corrected chi connectivity index (χ3v) is 3.71. The summed E-state index contributed by atoms with van der Waals surface area (Å²) in [6.07, 6.45) is 4.58. The van der Waals surface area contributed by atoms with Crippen LogP contribution in [0.5, 0.6) is 0 Å². The first-order valence-corrected chi connectivity index (χ1v) is 7.03. The largest absolute Gasteiger partial charge is 0.339 e. The highest BCUT2D eigenvalue weighted by Gasteiger charge is 2.18. The Kier molecular flexibility index (Phi) is 4.71. The second-order valence-corrected chi connectivity index (χ2v) is 5.58. The van der Waals surface area contributed by atoms with Gasteiger partial charge in [-0.1, -0.05) is 15.9 Å². The molecule has 3 nitrogen and oxygen atoms in total. The van der Waals surface area contributed by atoms with Crippen molar-refractivity contribution in [1.29, 1.82) is 0 Å². The van der Waals surface area contributed by atoms with Gasteiger partial charge in [-0.15, -0.1) is 0 Å². The maximum Gasteiger partial charge on any atom is 0.246 e. The molecule has 1 amide bonds. The van der Waals surface area contributed by atoms with Crippen molar-refractivity contribution in [2.24, 2.45) is 5.73 Å². The first-order chi connectivity index (χ1) is 9.06. The summed E-state index contributed by atoms with van der Waals surface area (Å²) in [5.74, 6) is -0.431. The topological polar surface area (TPSA) is 46.3 Å². The van der Waals surface area contributed by atoms with E-state index in [1.807, 2.05) is 0 Å². The molecule has 0 atom stereocenters. The predicted octanol–water partition coefficient (Wildman–Crippen LogP) is 2.55. The number of nitrogens with two attached hydrogens (primary N) is 1. The SMILES string of the molecule is NC1CCN(C(=O)C=Cc2cc(Br)ccc2F)CC1. The van der Waals surface area contributed by atoms with Crippen LogP contribution in [0.1, 0.15) is 18.4 Å². The average Bonchev–Trinajstić information content (AvgIpc) is 2.40. The maximum absolute atomic E-state index is 13.5. The van der Waals surface area contributed by atoms with Gasteiger partial charge in [-0.25, -0.2) is 4.39 Å². The number of carbonyl (C=O) groups is 1. The number of rotatable bonds is 2. The van der Waals surface area contributed by atoms with E-state index in [0.717, 1.165) is 17.3 Å². The van der Waals surface area contributed by atoms with Crippen molar-refractivity contribution < 1.29 is 9.18 Å². The Morgan fingerprint density at radius 1 is 1.42 bits per heavy atom. The zero-order valence-corrected chi connectivity index (χ0v) is 12.1. The molecule has 1 aliphatic rings. The van der Waals surface area contributed by atoms with E-state index in [9.17, 15) is 9.18 Å². The first kappa shape index (κ1) is 14.2. The molecule has 1 heterocycles. The van der Waals surface area contributed by atoms with Gasteiger partial charge >= 0.3 is 0 Å². The molecule has 0 unspecified atom stereocenters. The molecule has 0 radical (unpaired) electrons. The number of hydrogen-bond acceptors (Lipinski definition) is 2. The van der Waals surface area contributed by atoms with Gasteiger partial charge in [-0.3, -0.25) is 4.79 Å². The monoisotopic (exact) mass is 326 g/mol. The van der Waals surface area contributed by atoms with Gasteiger partial charge < -0.3 is 10.6 Å². The number of carbonyl (C=O) groups excluding carboxylic acids is 1. The summed E-state index contributed by atoms with van der Waals surface area (Å²) in [5, 5.41) is 0. The number of nitrogens with zero attached hydrogens (tertiary/aromatic N) is 1. The summed E-state index contributed by atoms with van der Waals surface area (Å²) in [4.78, 5) is 13.7. The Morgan fingerprint density at radius 2 is 2.11 bits per heavy atom. The van der Waals surface area contributed by atoms with E-state index < -0.39 is 0 Å². The number of likely N-dealkylation sites (tertiary alicyclic amines) is 1. The fourth-order valence-corrected chi connectivity index (χ4v) is 2.41. The zero-order valence-electron chi connectivity index (χ0n) is 10.5. The van der Waals surface area contributed by atoms with Crippen molar-refractivity contribution in [2.75, 3.05) is 13.1 Å². The summed E-state index contributed by atoms with van der Waals surface area (Å²) in [6, 6.07) is 4.83. The smallest absolute Gasteiger partial charge is 0.246 e. The van der Waals surface area contributed by atoms with Gasteiger partial charge in [0.1, 0.15) is 5.82 Å². The minimum Gasteiger partial charge on any atom is -0.339 e.